The Morgan fingerprint density at radius 3 is 2.82 bits per heavy atom. The normalized spacial score (nSPS) is 12.2. The molecule has 0 heterocycles. The zero-order chi connectivity index (χ0) is 12.7. The molecule has 0 aliphatic rings. The van der Waals surface area contributed by atoms with E-state index in [0.717, 1.165) is 6.42 Å². The van der Waals surface area contributed by atoms with E-state index in [1.165, 1.54) is 11.1 Å². The van der Waals surface area contributed by atoms with E-state index in [1.54, 1.807) is 0 Å². The maximum atomic E-state index is 11.5. The number of carbonyl (C=O) groups is 1. The van der Waals surface area contributed by atoms with E-state index in [2.05, 4.69) is 41.8 Å². The van der Waals surface area contributed by atoms with Crippen molar-refractivity contribution in [3.8, 4) is 0 Å². The van der Waals surface area contributed by atoms with Crippen LogP contribution in [0.25, 0.3) is 0 Å². The van der Waals surface area contributed by atoms with Gasteiger partial charge in [0.2, 0.25) is 5.91 Å². The molecule has 1 aromatic rings. The standard InChI is InChI=1S/C14H22N2O/c1-11-5-4-6-13(9-11)7-8-16-14(17)10-12(2)15-3/h4-6,9,12,15H,7-8,10H2,1-3H3,(H,16,17). The Morgan fingerprint density at radius 1 is 1.41 bits per heavy atom. The molecule has 3 heteroatoms. The van der Waals surface area contributed by atoms with Gasteiger partial charge in [0, 0.05) is 19.0 Å². The molecule has 1 amide bonds. The van der Waals surface area contributed by atoms with Crippen molar-refractivity contribution in [2.24, 2.45) is 0 Å². The van der Waals surface area contributed by atoms with Crippen molar-refractivity contribution in [3.63, 3.8) is 0 Å². The molecule has 3 nitrogen and oxygen atoms in total. The molecule has 0 saturated heterocycles. The number of amides is 1. The summed E-state index contributed by atoms with van der Waals surface area (Å²) in [5.41, 5.74) is 2.53. The van der Waals surface area contributed by atoms with Crippen LogP contribution in [0.15, 0.2) is 24.3 Å². The molecule has 1 aromatic carbocycles. The highest BCUT2D eigenvalue weighted by Gasteiger charge is 2.05. The van der Waals surface area contributed by atoms with Crippen LogP contribution in [0.3, 0.4) is 0 Å². The summed E-state index contributed by atoms with van der Waals surface area (Å²) in [5.74, 6) is 0.111. The van der Waals surface area contributed by atoms with Gasteiger partial charge in [-0.3, -0.25) is 4.79 Å². The number of hydrogen-bond acceptors (Lipinski definition) is 2. The van der Waals surface area contributed by atoms with Crippen LogP contribution in [0.4, 0.5) is 0 Å². The summed E-state index contributed by atoms with van der Waals surface area (Å²) in [7, 11) is 1.87. The summed E-state index contributed by atoms with van der Waals surface area (Å²) in [6, 6.07) is 8.61. The number of benzene rings is 1. The van der Waals surface area contributed by atoms with E-state index < -0.39 is 0 Å². The van der Waals surface area contributed by atoms with Gasteiger partial charge in [0.15, 0.2) is 0 Å². The van der Waals surface area contributed by atoms with Crippen LogP contribution in [-0.2, 0) is 11.2 Å². The lowest BCUT2D eigenvalue weighted by molar-refractivity contribution is -0.121. The number of aryl methyl sites for hydroxylation is 1. The molecule has 1 unspecified atom stereocenters. The minimum absolute atomic E-state index is 0.111. The predicted octanol–water partition coefficient (Wildman–Crippen LogP) is 1.65. The molecular formula is C14H22N2O. The van der Waals surface area contributed by atoms with Crippen LogP contribution in [0, 0.1) is 6.92 Å². The summed E-state index contributed by atoms with van der Waals surface area (Å²) in [6.45, 7) is 4.79. The highest BCUT2D eigenvalue weighted by Crippen LogP contribution is 2.03. The van der Waals surface area contributed by atoms with Crippen molar-refractivity contribution >= 4 is 5.91 Å². The topological polar surface area (TPSA) is 41.1 Å². The predicted molar refractivity (Wildman–Crippen MR) is 71.0 cm³/mol. The highest BCUT2D eigenvalue weighted by molar-refractivity contribution is 5.76. The second kappa shape index (κ2) is 7.07. The molecule has 17 heavy (non-hydrogen) atoms. The average molecular weight is 234 g/mol. The molecule has 0 aliphatic heterocycles. The lowest BCUT2D eigenvalue weighted by atomic mass is 10.1. The number of rotatable bonds is 6. The van der Waals surface area contributed by atoms with Gasteiger partial charge in [-0.15, -0.1) is 0 Å². The molecular weight excluding hydrogens is 212 g/mol. The van der Waals surface area contributed by atoms with Gasteiger partial charge >= 0.3 is 0 Å². The van der Waals surface area contributed by atoms with Crippen LogP contribution in [0.5, 0.6) is 0 Å². The maximum Gasteiger partial charge on any atom is 0.221 e. The van der Waals surface area contributed by atoms with Crippen molar-refractivity contribution in [3.05, 3.63) is 35.4 Å². The number of hydrogen-bond donors (Lipinski definition) is 2. The van der Waals surface area contributed by atoms with Crippen LogP contribution < -0.4 is 10.6 Å². The van der Waals surface area contributed by atoms with Gasteiger partial charge in [0.1, 0.15) is 0 Å². The molecule has 0 saturated carbocycles. The minimum Gasteiger partial charge on any atom is -0.356 e. The van der Waals surface area contributed by atoms with Crippen LogP contribution >= 0.6 is 0 Å². The zero-order valence-corrected chi connectivity index (χ0v) is 10.9. The molecule has 0 bridgehead atoms. The average Bonchev–Trinajstić information content (AvgIpc) is 2.29. The third-order valence-corrected chi connectivity index (χ3v) is 2.80. The van der Waals surface area contributed by atoms with E-state index in [0.29, 0.717) is 13.0 Å². The first-order valence-electron chi connectivity index (χ1n) is 6.11. The van der Waals surface area contributed by atoms with E-state index in [1.807, 2.05) is 14.0 Å². The fourth-order valence-electron chi connectivity index (χ4n) is 1.67. The first kappa shape index (κ1) is 13.7. The molecule has 1 rings (SSSR count). The summed E-state index contributed by atoms with van der Waals surface area (Å²) >= 11 is 0. The summed E-state index contributed by atoms with van der Waals surface area (Å²) < 4.78 is 0. The molecule has 94 valence electrons. The van der Waals surface area contributed by atoms with Gasteiger partial charge in [-0.2, -0.15) is 0 Å². The molecule has 0 spiro atoms. The Hall–Kier alpha value is -1.35. The number of carbonyl (C=O) groups excluding carboxylic acids is 1. The second-order valence-corrected chi connectivity index (χ2v) is 4.48. The van der Waals surface area contributed by atoms with Crippen molar-refractivity contribution in [1.82, 2.24) is 10.6 Å². The minimum atomic E-state index is 0.111. The van der Waals surface area contributed by atoms with Crippen molar-refractivity contribution in [2.45, 2.75) is 32.7 Å². The first-order valence-corrected chi connectivity index (χ1v) is 6.11. The highest BCUT2D eigenvalue weighted by atomic mass is 16.1. The maximum absolute atomic E-state index is 11.5. The lowest BCUT2D eigenvalue weighted by Gasteiger charge is -2.10. The largest absolute Gasteiger partial charge is 0.356 e. The number of nitrogens with one attached hydrogen (secondary N) is 2. The van der Waals surface area contributed by atoms with E-state index >= 15 is 0 Å². The third kappa shape index (κ3) is 5.50. The first-order chi connectivity index (χ1) is 8.11. The van der Waals surface area contributed by atoms with Crippen molar-refractivity contribution in [2.75, 3.05) is 13.6 Å². The smallest absolute Gasteiger partial charge is 0.221 e. The van der Waals surface area contributed by atoms with Gasteiger partial charge in [-0.1, -0.05) is 29.8 Å². The van der Waals surface area contributed by atoms with Gasteiger partial charge in [-0.25, -0.2) is 0 Å². The Morgan fingerprint density at radius 2 is 2.18 bits per heavy atom. The van der Waals surface area contributed by atoms with E-state index in [4.69, 9.17) is 0 Å². The molecule has 0 radical (unpaired) electrons. The zero-order valence-electron chi connectivity index (χ0n) is 10.9. The fraction of sp³-hybridized carbons (Fsp3) is 0.500. The molecule has 2 N–H and O–H groups in total. The second-order valence-electron chi connectivity index (χ2n) is 4.48. The van der Waals surface area contributed by atoms with Crippen molar-refractivity contribution < 1.29 is 4.79 Å². The molecule has 0 aromatic heterocycles. The van der Waals surface area contributed by atoms with Crippen LogP contribution in [0.2, 0.25) is 0 Å². The Bertz CT molecular complexity index is 363. The van der Waals surface area contributed by atoms with Crippen LogP contribution in [0.1, 0.15) is 24.5 Å². The summed E-state index contributed by atoms with van der Waals surface area (Å²) in [4.78, 5) is 11.5. The molecule has 0 aliphatic carbocycles. The van der Waals surface area contributed by atoms with E-state index in [-0.39, 0.29) is 11.9 Å². The van der Waals surface area contributed by atoms with Gasteiger partial charge < -0.3 is 10.6 Å². The Kier molecular flexibility index (Phi) is 5.70. The molecule has 0 fully saturated rings. The lowest BCUT2D eigenvalue weighted by Crippen LogP contribution is -2.32. The quantitative estimate of drug-likeness (QED) is 0.786. The van der Waals surface area contributed by atoms with Gasteiger partial charge in [0.25, 0.3) is 0 Å². The molecule has 1 atom stereocenters. The Labute approximate surface area is 104 Å². The third-order valence-electron chi connectivity index (χ3n) is 2.80. The van der Waals surface area contributed by atoms with Crippen molar-refractivity contribution in [1.29, 1.82) is 0 Å². The SMILES string of the molecule is CNC(C)CC(=O)NCCc1cccc(C)c1. The monoisotopic (exact) mass is 234 g/mol. The summed E-state index contributed by atoms with van der Waals surface area (Å²) in [6.07, 6.45) is 1.42. The van der Waals surface area contributed by atoms with E-state index in [9.17, 15) is 4.79 Å². The summed E-state index contributed by atoms with van der Waals surface area (Å²) in [5, 5.41) is 5.99. The van der Waals surface area contributed by atoms with Gasteiger partial charge in [0.05, 0.1) is 0 Å². The Balaban J connectivity index is 2.26. The van der Waals surface area contributed by atoms with Gasteiger partial charge in [-0.05, 0) is 32.9 Å². The fourth-order valence-corrected chi connectivity index (χ4v) is 1.67. The van der Waals surface area contributed by atoms with Crippen LogP contribution in [-0.4, -0.2) is 25.5 Å².